The second kappa shape index (κ2) is 57.3. The lowest BCUT2D eigenvalue weighted by molar-refractivity contribution is -0.379. The molecule has 17 atom stereocenters. The lowest BCUT2D eigenvalue weighted by Gasteiger charge is -2.48. The Balaban J connectivity index is 1.43. The zero-order valence-electron chi connectivity index (χ0n) is 58.5. The zero-order chi connectivity index (χ0) is 70.4. The van der Waals surface area contributed by atoms with Crippen LogP contribution in [0.3, 0.4) is 0 Å². The Hall–Kier alpha value is -4.33. The molecule has 3 saturated heterocycles. The van der Waals surface area contributed by atoms with E-state index in [1.54, 1.807) is 6.08 Å². The van der Waals surface area contributed by atoms with Crippen LogP contribution in [0, 0.1) is 0 Å². The van der Waals surface area contributed by atoms with Gasteiger partial charge in [-0.15, -0.1) is 0 Å². The van der Waals surface area contributed by atoms with Crippen molar-refractivity contribution in [3.05, 3.63) is 146 Å². The van der Waals surface area contributed by atoms with Crippen molar-refractivity contribution in [1.29, 1.82) is 0 Å². The number of carbonyl (C=O) groups is 1. The molecule has 0 radical (unpaired) electrons. The van der Waals surface area contributed by atoms with Crippen LogP contribution in [-0.4, -0.2) is 193 Å². The molecule has 1 amide bonds. The number of rotatable bonds is 54. The lowest BCUT2D eigenvalue weighted by atomic mass is 9.96. The molecule has 12 N–H and O–H groups in total. The molecule has 0 bridgehead atoms. The maximum Gasteiger partial charge on any atom is 0.220 e. The first-order valence-electron chi connectivity index (χ1n) is 36.6. The van der Waals surface area contributed by atoms with E-state index >= 15 is 0 Å². The third-order valence-corrected chi connectivity index (χ3v) is 17.1. The maximum absolute atomic E-state index is 13.4. The van der Waals surface area contributed by atoms with E-state index in [2.05, 4.69) is 153 Å². The van der Waals surface area contributed by atoms with Gasteiger partial charge in [0.1, 0.15) is 73.2 Å². The summed E-state index contributed by atoms with van der Waals surface area (Å²) in [5.41, 5.74) is 0. The van der Waals surface area contributed by atoms with E-state index in [9.17, 15) is 61.0 Å². The normalized spacial score (nSPS) is 27.8. The Morgan fingerprint density at radius 1 is 0.381 bits per heavy atom. The fourth-order valence-corrected chi connectivity index (χ4v) is 11.2. The van der Waals surface area contributed by atoms with Crippen LogP contribution in [0.2, 0.25) is 0 Å². The summed E-state index contributed by atoms with van der Waals surface area (Å²) in [6.07, 6.45) is 55.3. The summed E-state index contributed by atoms with van der Waals surface area (Å²) in [7, 11) is 0. The highest BCUT2D eigenvalue weighted by Crippen LogP contribution is 2.33. The molecule has 3 aliphatic rings. The molecule has 3 aliphatic heterocycles. The molecule has 0 aromatic heterocycles. The van der Waals surface area contributed by atoms with Crippen molar-refractivity contribution < 1.29 is 89.4 Å². The zero-order valence-corrected chi connectivity index (χ0v) is 58.5. The highest BCUT2D eigenvalue weighted by molar-refractivity contribution is 5.76. The summed E-state index contributed by atoms with van der Waals surface area (Å²) in [6.45, 7) is 1.55. The Morgan fingerprint density at radius 3 is 1.15 bits per heavy atom. The fraction of sp³-hybridized carbons (Fsp3) is 0.679. The summed E-state index contributed by atoms with van der Waals surface area (Å²) in [6, 6.07) is -1.02. The van der Waals surface area contributed by atoms with Crippen LogP contribution < -0.4 is 5.32 Å². The van der Waals surface area contributed by atoms with Gasteiger partial charge in [0.25, 0.3) is 0 Å². The first-order valence-corrected chi connectivity index (χ1v) is 36.6. The van der Waals surface area contributed by atoms with Crippen LogP contribution in [-0.2, 0) is 33.2 Å². The van der Waals surface area contributed by atoms with Crippen LogP contribution in [0.25, 0.3) is 0 Å². The van der Waals surface area contributed by atoms with Gasteiger partial charge in [-0.2, -0.15) is 0 Å². The van der Waals surface area contributed by atoms with Crippen molar-refractivity contribution in [3.8, 4) is 0 Å². The molecule has 19 heteroatoms. The van der Waals surface area contributed by atoms with Gasteiger partial charge in [0, 0.05) is 6.42 Å². The quantitative estimate of drug-likeness (QED) is 0.0199. The predicted octanol–water partition coefficient (Wildman–Crippen LogP) is 10.7. The molecule has 97 heavy (non-hydrogen) atoms. The molecule has 3 heterocycles. The minimum atomic E-state index is -1.99. The minimum Gasteiger partial charge on any atom is -0.394 e. The number of carbonyl (C=O) groups excluding carboxylic acids is 1. The van der Waals surface area contributed by atoms with Crippen LogP contribution >= 0.6 is 0 Å². The number of aliphatic hydroxyl groups excluding tert-OH is 11. The second-order valence-electron chi connectivity index (χ2n) is 25.3. The van der Waals surface area contributed by atoms with E-state index in [-0.39, 0.29) is 12.3 Å². The Morgan fingerprint density at radius 2 is 0.722 bits per heavy atom. The van der Waals surface area contributed by atoms with Crippen molar-refractivity contribution in [3.63, 3.8) is 0 Å². The molecular weight excluding hydrogens is 1240 g/mol. The number of nitrogens with one attached hydrogen (secondary N) is 1. The van der Waals surface area contributed by atoms with E-state index in [1.165, 1.54) is 57.8 Å². The van der Waals surface area contributed by atoms with Gasteiger partial charge in [-0.25, -0.2) is 0 Å². The highest BCUT2D eigenvalue weighted by Gasteiger charge is 2.53. The summed E-state index contributed by atoms with van der Waals surface area (Å²) >= 11 is 0. The van der Waals surface area contributed by atoms with Gasteiger partial charge < -0.3 is 89.9 Å². The van der Waals surface area contributed by atoms with Gasteiger partial charge in [-0.1, -0.05) is 230 Å². The molecule has 17 unspecified atom stereocenters. The SMILES string of the molecule is CC/C=C\C/C=C\C/C=C\C/C=C\C/C=C\C/C=C\C/C=C\C/C=C\C/C=C\CCCCCCCC(=O)NC(COC1OC(CO)C(OC2OC(CO)C(OC3OC(CO)C(O)C(O)C3O)C(O)C2O)C(O)C1O)C(O)/C=C/CC/C=C/CC/C=C/CCCCCCCCCCC. The van der Waals surface area contributed by atoms with E-state index in [4.69, 9.17) is 28.4 Å². The van der Waals surface area contributed by atoms with E-state index in [0.29, 0.717) is 12.8 Å². The summed E-state index contributed by atoms with van der Waals surface area (Å²) in [5.74, 6) is -0.315. The molecule has 19 nitrogen and oxygen atoms in total. The van der Waals surface area contributed by atoms with Gasteiger partial charge in [0.05, 0.1) is 38.6 Å². The maximum atomic E-state index is 13.4. The number of ether oxygens (including phenoxy) is 6. The van der Waals surface area contributed by atoms with Crippen molar-refractivity contribution in [2.45, 2.75) is 311 Å². The van der Waals surface area contributed by atoms with Crippen LogP contribution in [0.5, 0.6) is 0 Å². The number of amides is 1. The topological polar surface area (TPSA) is 307 Å². The highest BCUT2D eigenvalue weighted by atomic mass is 16.8. The smallest absolute Gasteiger partial charge is 0.220 e. The number of hydrogen-bond acceptors (Lipinski definition) is 18. The van der Waals surface area contributed by atoms with Crippen LogP contribution in [0.4, 0.5) is 0 Å². The monoisotopic (exact) mass is 1370 g/mol. The molecule has 3 fully saturated rings. The molecule has 0 spiro atoms. The van der Waals surface area contributed by atoms with Gasteiger partial charge in [-0.05, 0) is 116 Å². The number of aliphatic hydroxyl groups is 11. The predicted molar refractivity (Wildman–Crippen MR) is 382 cm³/mol. The molecular formula is C78H127NO18. The van der Waals surface area contributed by atoms with Gasteiger partial charge in [0.2, 0.25) is 5.91 Å². The third-order valence-electron chi connectivity index (χ3n) is 17.1. The van der Waals surface area contributed by atoms with Gasteiger partial charge >= 0.3 is 0 Å². The lowest BCUT2D eigenvalue weighted by Crippen LogP contribution is -2.66. The van der Waals surface area contributed by atoms with Gasteiger partial charge in [-0.3, -0.25) is 4.79 Å². The summed E-state index contributed by atoms with van der Waals surface area (Å²) in [4.78, 5) is 13.4. The van der Waals surface area contributed by atoms with Crippen molar-refractivity contribution in [2.24, 2.45) is 0 Å². The summed E-state index contributed by atoms with van der Waals surface area (Å²) in [5, 5.41) is 121. The average molecular weight is 1370 g/mol. The minimum absolute atomic E-state index is 0.199. The first kappa shape index (κ1) is 86.9. The van der Waals surface area contributed by atoms with Crippen molar-refractivity contribution >= 4 is 5.91 Å². The molecule has 0 aliphatic carbocycles. The molecule has 3 rings (SSSR count). The van der Waals surface area contributed by atoms with E-state index < -0.39 is 131 Å². The van der Waals surface area contributed by atoms with Crippen LogP contribution in [0.1, 0.15) is 206 Å². The molecule has 552 valence electrons. The molecule has 0 aromatic rings. The number of hydrogen-bond donors (Lipinski definition) is 12. The van der Waals surface area contributed by atoms with Gasteiger partial charge in [0.15, 0.2) is 18.9 Å². The Labute approximate surface area is 581 Å². The standard InChI is InChI=1S/C78H127NO18/c1-3-5-7-9-11-13-15-17-19-21-23-24-25-26-27-28-29-30-31-32-33-34-35-36-38-40-42-44-46-48-50-52-54-56-66(84)79-61(62(83)55-53-51-49-47-45-43-41-39-37-22-20-18-16-14-12-10-8-6-4-2)60-92-76-72(90)69(87)74(64(58-81)94-76)97-78-73(91)70(88)75(65(59-82)95-78)96-77-71(89)68(86)67(85)63(57-80)93-77/h5,7,11,13,17,19,23-24,26-27,29-30,32-33,35-37,39-40,42,45,47,53,55,61-65,67-78,80-83,85-91H,3-4,6,8-10,12,14-16,18,20-22,25,28,31,34,38,41,43-44,46,48-52,54,56-60H2,1-2H3,(H,79,84)/b7-5-,13-11-,19-17-,24-23-,27-26-,30-29-,33-32-,36-35-,39-37+,42-40-,47-45+,55-53+. The second-order valence-corrected chi connectivity index (χ2v) is 25.3. The number of allylic oxidation sites excluding steroid dienone is 23. The third kappa shape index (κ3) is 38.3. The Bertz CT molecular complexity index is 2320. The summed E-state index contributed by atoms with van der Waals surface area (Å²) < 4.78 is 34.3. The fourth-order valence-electron chi connectivity index (χ4n) is 11.2. The molecule has 0 aromatic carbocycles. The number of unbranched alkanes of at least 4 members (excludes halogenated alkanes) is 16. The van der Waals surface area contributed by atoms with E-state index in [1.807, 2.05) is 6.08 Å². The van der Waals surface area contributed by atoms with Crippen molar-refractivity contribution in [1.82, 2.24) is 5.32 Å². The van der Waals surface area contributed by atoms with E-state index in [0.717, 1.165) is 116 Å². The Kier molecular flexibility index (Phi) is 51.3. The van der Waals surface area contributed by atoms with Crippen molar-refractivity contribution in [2.75, 3.05) is 26.4 Å². The largest absolute Gasteiger partial charge is 0.394 e. The van der Waals surface area contributed by atoms with Crippen LogP contribution in [0.15, 0.2) is 146 Å². The first-order chi connectivity index (χ1) is 47.3. The molecule has 0 saturated carbocycles. The average Bonchev–Trinajstić information content (AvgIpc) is 0.845.